The predicted octanol–water partition coefficient (Wildman–Crippen LogP) is 2.39. The third kappa shape index (κ3) is 2.48. The zero-order valence-electron chi connectivity index (χ0n) is 12.8. The third-order valence-corrected chi connectivity index (χ3v) is 4.22. The Bertz CT molecular complexity index is 839. The molecule has 0 unspecified atom stereocenters. The van der Waals surface area contributed by atoms with Crippen molar-refractivity contribution in [2.45, 2.75) is 32.2 Å². The summed E-state index contributed by atoms with van der Waals surface area (Å²) in [6, 6.07) is 3.84. The largest absolute Gasteiger partial charge is 0.438 e. The maximum Gasteiger partial charge on any atom is 0.291 e. The molecule has 1 aliphatic rings. The number of aryl methyl sites for hydroxylation is 1. The fraction of sp³-hybridized carbons (Fsp3) is 0.375. The number of oxazole rings is 1. The van der Waals surface area contributed by atoms with E-state index < -0.39 is 0 Å². The Kier molecular flexibility index (Phi) is 3.33. The minimum Gasteiger partial charge on any atom is -0.438 e. The molecule has 3 aromatic heterocycles. The van der Waals surface area contributed by atoms with E-state index in [2.05, 4.69) is 10.1 Å². The highest BCUT2D eigenvalue weighted by molar-refractivity contribution is 5.91. The van der Waals surface area contributed by atoms with Crippen LogP contribution in [0.5, 0.6) is 0 Å². The zero-order chi connectivity index (χ0) is 15.8. The SMILES string of the molecule is Cc1cc2nc([C@H]3CCCCN3C(=O)c3cnco3)ccn2n1. The molecule has 4 heterocycles. The van der Waals surface area contributed by atoms with E-state index >= 15 is 0 Å². The predicted molar refractivity (Wildman–Crippen MR) is 81.9 cm³/mol. The van der Waals surface area contributed by atoms with Crippen LogP contribution in [0.2, 0.25) is 0 Å². The topological polar surface area (TPSA) is 76.5 Å². The van der Waals surface area contributed by atoms with E-state index in [4.69, 9.17) is 9.40 Å². The van der Waals surface area contributed by atoms with E-state index in [1.165, 1.54) is 12.6 Å². The smallest absolute Gasteiger partial charge is 0.291 e. The van der Waals surface area contributed by atoms with Crippen molar-refractivity contribution in [1.29, 1.82) is 0 Å². The van der Waals surface area contributed by atoms with Gasteiger partial charge in [0.25, 0.3) is 5.91 Å². The summed E-state index contributed by atoms with van der Waals surface area (Å²) in [5.41, 5.74) is 2.62. The molecule has 0 saturated carbocycles. The van der Waals surface area contributed by atoms with Crippen LogP contribution >= 0.6 is 0 Å². The van der Waals surface area contributed by atoms with Gasteiger partial charge in [0.2, 0.25) is 5.76 Å². The molecule has 1 aliphatic heterocycles. The van der Waals surface area contributed by atoms with E-state index in [0.29, 0.717) is 6.54 Å². The molecule has 118 valence electrons. The maximum atomic E-state index is 12.7. The fourth-order valence-corrected chi connectivity index (χ4v) is 3.14. The summed E-state index contributed by atoms with van der Waals surface area (Å²) in [7, 11) is 0. The molecule has 4 rings (SSSR count). The lowest BCUT2D eigenvalue weighted by Crippen LogP contribution is -2.38. The molecule has 23 heavy (non-hydrogen) atoms. The minimum atomic E-state index is -0.126. The zero-order valence-corrected chi connectivity index (χ0v) is 12.8. The number of carbonyl (C=O) groups is 1. The van der Waals surface area contributed by atoms with Gasteiger partial charge >= 0.3 is 0 Å². The second-order valence-corrected chi connectivity index (χ2v) is 5.82. The third-order valence-electron chi connectivity index (χ3n) is 4.22. The normalized spacial score (nSPS) is 18.5. The van der Waals surface area contributed by atoms with Gasteiger partial charge in [0.05, 0.1) is 23.6 Å². The van der Waals surface area contributed by atoms with Crippen LogP contribution in [-0.2, 0) is 0 Å². The van der Waals surface area contributed by atoms with Crippen molar-refractivity contribution < 1.29 is 9.21 Å². The van der Waals surface area contributed by atoms with Crippen LogP contribution in [0.3, 0.4) is 0 Å². The maximum absolute atomic E-state index is 12.7. The van der Waals surface area contributed by atoms with Gasteiger partial charge in [0.15, 0.2) is 12.0 Å². The summed E-state index contributed by atoms with van der Waals surface area (Å²) >= 11 is 0. The molecule has 0 aliphatic carbocycles. The van der Waals surface area contributed by atoms with Crippen LogP contribution in [0.1, 0.15) is 47.2 Å². The van der Waals surface area contributed by atoms with E-state index in [-0.39, 0.29) is 17.7 Å². The molecule has 0 bridgehead atoms. The fourth-order valence-electron chi connectivity index (χ4n) is 3.14. The first kappa shape index (κ1) is 13.9. The molecule has 1 saturated heterocycles. The summed E-state index contributed by atoms with van der Waals surface area (Å²) in [6.07, 6.45) is 7.61. The molecule has 7 heteroatoms. The van der Waals surface area contributed by atoms with Gasteiger partial charge in [0.1, 0.15) is 0 Å². The average molecular weight is 311 g/mol. The van der Waals surface area contributed by atoms with Crippen LogP contribution in [0.15, 0.2) is 35.3 Å². The van der Waals surface area contributed by atoms with Gasteiger partial charge in [-0.3, -0.25) is 4.79 Å². The highest BCUT2D eigenvalue weighted by atomic mass is 16.3. The lowest BCUT2D eigenvalue weighted by Gasteiger charge is -2.34. The summed E-state index contributed by atoms with van der Waals surface area (Å²) in [6.45, 7) is 2.64. The number of hydrogen-bond acceptors (Lipinski definition) is 5. The number of fused-ring (bicyclic) bond motifs is 1. The highest BCUT2D eigenvalue weighted by Crippen LogP contribution is 2.31. The average Bonchev–Trinajstić information content (AvgIpc) is 3.22. The summed E-state index contributed by atoms with van der Waals surface area (Å²) in [4.78, 5) is 23.0. The van der Waals surface area contributed by atoms with Crippen molar-refractivity contribution in [3.05, 3.63) is 48.1 Å². The van der Waals surface area contributed by atoms with Crippen molar-refractivity contribution in [3.8, 4) is 0 Å². The lowest BCUT2D eigenvalue weighted by molar-refractivity contribution is 0.0573. The molecule has 1 atom stereocenters. The molecule has 1 amide bonds. The Morgan fingerprint density at radius 1 is 1.39 bits per heavy atom. The van der Waals surface area contributed by atoms with Crippen LogP contribution in [0.4, 0.5) is 0 Å². The number of amides is 1. The second kappa shape index (κ2) is 5.49. The molecule has 0 N–H and O–H groups in total. The number of carbonyl (C=O) groups excluding carboxylic acids is 1. The highest BCUT2D eigenvalue weighted by Gasteiger charge is 2.31. The summed E-state index contributed by atoms with van der Waals surface area (Å²) in [5.74, 6) is 0.150. The number of likely N-dealkylation sites (tertiary alicyclic amines) is 1. The van der Waals surface area contributed by atoms with Gasteiger partial charge in [-0.2, -0.15) is 5.10 Å². The first-order valence-electron chi connectivity index (χ1n) is 7.75. The standard InChI is InChI=1S/C16H17N5O2/c1-11-8-15-18-12(5-7-21(15)19-11)13-4-2-3-6-20(13)16(22)14-9-17-10-23-14/h5,7-10,13H,2-4,6H2,1H3/t13-/m1/s1. The molecular weight excluding hydrogens is 294 g/mol. The molecule has 0 spiro atoms. The Labute approximate surface area is 132 Å². The number of nitrogens with zero attached hydrogens (tertiary/aromatic N) is 5. The number of piperidine rings is 1. The molecule has 7 nitrogen and oxygen atoms in total. The van der Waals surface area contributed by atoms with Gasteiger partial charge in [-0.15, -0.1) is 0 Å². The quantitative estimate of drug-likeness (QED) is 0.726. The number of hydrogen-bond donors (Lipinski definition) is 0. The van der Waals surface area contributed by atoms with Crippen molar-refractivity contribution in [2.24, 2.45) is 0 Å². The van der Waals surface area contributed by atoms with Crippen LogP contribution < -0.4 is 0 Å². The molecular formula is C16H17N5O2. The van der Waals surface area contributed by atoms with Crippen LogP contribution in [-0.4, -0.2) is 36.9 Å². The minimum absolute atomic E-state index is 0.0402. The van der Waals surface area contributed by atoms with E-state index in [1.54, 1.807) is 4.52 Å². The van der Waals surface area contributed by atoms with Gasteiger partial charge in [-0.1, -0.05) is 0 Å². The van der Waals surface area contributed by atoms with Crippen molar-refractivity contribution in [3.63, 3.8) is 0 Å². The molecule has 0 radical (unpaired) electrons. The monoisotopic (exact) mass is 311 g/mol. The lowest BCUT2D eigenvalue weighted by atomic mass is 9.98. The van der Waals surface area contributed by atoms with Crippen molar-refractivity contribution in [1.82, 2.24) is 24.5 Å². The second-order valence-electron chi connectivity index (χ2n) is 5.82. The molecule has 3 aromatic rings. The Balaban J connectivity index is 1.69. The first-order chi connectivity index (χ1) is 11.2. The van der Waals surface area contributed by atoms with Crippen LogP contribution in [0.25, 0.3) is 5.65 Å². The van der Waals surface area contributed by atoms with Gasteiger partial charge in [0, 0.05) is 18.8 Å². The number of aromatic nitrogens is 4. The summed E-state index contributed by atoms with van der Waals surface area (Å²) in [5, 5.41) is 4.34. The Hall–Kier alpha value is -2.70. The van der Waals surface area contributed by atoms with E-state index in [1.807, 2.05) is 30.2 Å². The summed E-state index contributed by atoms with van der Waals surface area (Å²) < 4.78 is 6.92. The van der Waals surface area contributed by atoms with E-state index in [0.717, 1.165) is 36.3 Å². The Morgan fingerprint density at radius 3 is 3.13 bits per heavy atom. The molecule has 0 aromatic carbocycles. The van der Waals surface area contributed by atoms with Gasteiger partial charge in [-0.25, -0.2) is 14.5 Å². The van der Waals surface area contributed by atoms with Gasteiger partial charge < -0.3 is 9.32 Å². The van der Waals surface area contributed by atoms with E-state index in [9.17, 15) is 4.79 Å². The van der Waals surface area contributed by atoms with Gasteiger partial charge in [-0.05, 0) is 32.3 Å². The van der Waals surface area contributed by atoms with Crippen molar-refractivity contribution in [2.75, 3.05) is 6.54 Å². The molecule has 1 fully saturated rings. The van der Waals surface area contributed by atoms with Crippen molar-refractivity contribution >= 4 is 11.6 Å². The number of rotatable bonds is 2. The Morgan fingerprint density at radius 2 is 2.30 bits per heavy atom. The van der Waals surface area contributed by atoms with Crippen LogP contribution in [0, 0.1) is 6.92 Å². The first-order valence-corrected chi connectivity index (χ1v) is 7.75.